The number of carboxylic acid groups (broad SMARTS) is 1. The van der Waals surface area contributed by atoms with E-state index >= 15 is 0 Å². The van der Waals surface area contributed by atoms with Crippen LogP contribution in [-0.4, -0.2) is 53.0 Å². The van der Waals surface area contributed by atoms with E-state index in [4.69, 9.17) is 4.74 Å². The molecule has 0 radical (unpaired) electrons. The van der Waals surface area contributed by atoms with Crippen LogP contribution in [0.3, 0.4) is 0 Å². The fourth-order valence-electron chi connectivity index (χ4n) is 2.85. The largest absolute Gasteiger partial charge is 0.481 e. The molecule has 1 saturated heterocycles. The molecule has 0 amide bonds. The molecule has 0 spiro atoms. The van der Waals surface area contributed by atoms with Gasteiger partial charge in [0.2, 0.25) is 10.0 Å². The minimum absolute atomic E-state index is 0.0484. The molecule has 1 N–H and O–H groups in total. The molecule has 0 aliphatic carbocycles. The van der Waals surface area contributed by atoms with Crippen LogP contribution in [0.1, 0.15) is 27.7 Å². The molecule has 142 valence electrons. The summed E-state index contributed by atoms with van der Waals surface area (Å²) in [6.45, 7) is 7.18. The molecule has 0 bridgehead atoms. The van der Waals surface area contributed by atoms with Crippen molar-refractivity contribution < 1.29 is 23.1 Å². The van der Waals surface area contributed by atoms with Gasteiger partial charge in [0.05, 0.1) is 4.90 Å². The van der Waals surface area contributed by atoms with Crippen LogP contribution >= 0.6 is 11.8 Å². The van der Waals surface area contributed by atoms with E-state index in [1.165, 1.54) is 23.9 Å². The van der Waals surface area contributed by atoms with Crippen molar-refractivity contribution in [3.05, 3.63) is 24.3 Å². The second-order valence-electron chi connectivity index (χ2n) is 6.53. The van der Waals surface area contributed by atoms with Gasteiger partial charge in [-0.15, -0.1) is 5.92 Å². The van der Waals surface area contributed by atoms with Gasteiger partial charge in [-0.25, -0.2) is 8.42 Å². The van der Waals surface area contributed by atoms with Gasteiger partial charge in [0, 0.05) is 16.5 Å². The summed E-state index contributed by atoms with van der Waals surface area (Å²) >= 11 is 1.47. The number of sulfonamides is 1. The highest BCUT2D eigenvalue weighted by molar-refractivity contribution is 8.01. The van der Waals surface area contributed by atoms with Crippen LogP contribution in [0.15, 0.2) is 29.2 Å². The molecule has 6 nitrogen and oxygen atoms in total. The minimum Gasteiger partial charge on any atom is -0.481 e. The molecule has 0 aromatic heterocycles. The van der Waals surface area contributed by atoms with Crippen LogP contribution in [0.5, 0.6) is 5.75 Å². The maximum atomic E-state index is 13.2. The van der Waals surface area contributed by atoms with Gasteiger partial charge in [0.1, 0.15) is 18.4 Å². The van der Waals surface area contributed by atoms with Crippen molar-refractivity contribution in [1.82, 2.24) is 4.31 Å². The van der Waals surface area contributed by atoms with E-state index in [1.807, 2.05) is 0 Å². The van der Waals surface area contributed by atoms with Crippen LogP contribution in [0.2, 0.25) is 0 Å². The Balaban J connectivity index is 2.37. The molecule has 1 aliphatic heterocycles. The zero-order valence-corrected chi connectivity index (χ0v) is 16.9. The summed E-state index contributed by atoms with van der Waals surface area (Å²) in [6.07, 6.45) is 0. The number of rotatable bonds is 5. The topological polar surface area (TPSA) is 83.9 Å². The molecule has 8 heteroatoms. The average Bonchev–Trinajstić information content (AvgIpc) is 2.57. The lowest BCUT2D eigenvalue weighted by Gasteiger charge is -2.45. The predicted octanol–water partition coefficient (Wildman–Crippen LogP) is 2.45. The molecular formula is C18H23NO5S2. The quantitative estimate of drug-likeness (QED) is 0.769. The Bertz CT molecular complexity index is 821. The maximum Gasteiger partial charge on any atom is 0.323 e. The third kappa shape index (κ3) is 4.17. The molecule has 0 saturated carbocycles. The Morgan fingerprint density at radius 2 is 2.00 bits per heavy atom. The van der Waals surface area contributed by atoms with Crippen molar-refractivity contribution in [1.29, 1.82) is 0 Å². The number of hydrogen-bond acceptors (Lipinski definition) is 5. The number of carboxylic acids is 1. The SMILES string of the molecule is CC#CCOc1ccc(S(=O)(=O)N2[C@H](C)CSC(C)(C)[C@@H]2C(=O)O)cc1. The summed E-state index contributed by atoms with van der Waals surface area (Å²) in [5.41, 5.74) is 0. The van der Waals surface area contributed by atoms with Crippen molar-refractivity contribution in [2.45, 2.75) is 49.4 Å². The van der Waals surface area contributed by atoms with Gasteiger partial charge >= 0.3 is 5.97 Å². The standard InChI is InChI=1S/C18H23NO5S2/c1-5-6-11-24-14-7-9-15(10-8-14)26(22,23)19-13(2)12-25-18(3,4)16(19)17(20)21/h7-10,13,16H,11-12H2,1-4H3,(H,20,21)/t13-,16+/m1/s1. The number of carbonyl (C=O) groups is 1. The van der Waals surface area contributed by atoms with E-state index in [1.54, 1.807) is 39.8 Å². The normalized spacial score (nSPS) is 22.9. The molecule has 2 atom stereocenters. The Hall–Kier alpha value is -1.69. The first-order valence-corrected chi connectivity index (χ1v) is 10.6. The number of ether oxygens (including phenoxy) is 1. The summed E-state index contributed by atoms with van der Waals surface area (Å²) in [4.78, 5) is 11.9. The summed E-state index contributed by atoms with van der Waals surface area (Å²) in [6, 6.07) is 4.41. The summed E-state index contributed by atoms with van der Waals surface area (Å²) in [7, 11) is -3.96. The molecule has 1 aliphatic rings. The first-order valence-electron chi connectivity index (χ1n) is 8.14. The van der Waals surface area contributed by atoms with Gasteiger partial charge in [-0.2, -0.15) is 16.1 Å². The molecule has 1 fully saturated rings. The van der Waals surface area contributed by atoms with Gasteiger partial charge in [-0.05, 0) is 52.0 Å². The summed E-state index contributed by atoms with van der Waals surface area (Å²) in [5.74, 6) is 5.36. The highest BCUT2D eigenvalue weighted by Gasteiger charge is 2.51. The van der Waals surface area contributed by atoms with Crippen LogP contribution in [0.4, 0.5) is 0 Å². The van der Waals surface area contributed by atoms with Crippen LogP contribution in [0, 0.1) is 11.8 Å². The Kier molecular flexibility index (Phi) is 6.27. The Morgan fingerprint density at radius 1 is 1.38 bits per heavy atom. The van der Waals surface area contributed by atoms with Crippen molar-refractivity contribution in [3.8, 4) is 17.6 Å². The molecular weight excluding hydrogens is 374 g/mol. The number of thioether (sulfide) groups is 1. The summed E-state index contributed by atoms with van der Waals surface area (Å²) in [5, 5.41) is 9.68. The second-order valence-corrected chi connectivity index (χ2v) is 10.0. The number of nitrogens with zero attached hydrogens (tertiary/aromatic N) is 1. The summed E-state index contributed by atoms with van der Waals surface area (Å²) < 4.78 is 32.1. The zero-order chi connectivity index (χ0) is 19.5. The van der Waals surface area contributed by atoms with Gasteiger partial charge in [-0.3, -0.25) is 4.79 Å². The monoisotopic (exact) mass is 397 g/mol. The third-order valence-electron chi connectivity index (χ3n) is 4.16. The predicted molar refractivity (Wildman–Crippen MR) is 102 cm³/mol. The van der Waals surface area contributed by atoms with E-state index in [0.29, 0.717) is 11.5 Å². The lowest BCUT2D eigenvalue weighted by molar-refractivity contribution is -0.143. The van der Waals surface area contributed by atoms with Gasteiger partial charge in [0.25, 0.3) is 0 Å². The van der Waals surface area contributed by atoms with E-state index in [2.05, 4.69) is 11.8 Å². The molecule has 1 aromatic carbocycles. The number of benzene rings is 1. The smallest absolute Gasteiger partial charge is 0.323 e. The Morgan fingerprint density at radius 3 is 2.54 bits per heavy atom. The van der Waals surface area contributed by atoms with Gasteiger partial charge < -0.3 is 9.84 Å². The minimum atomic E-state index is -3.96. The van der Waals surface area contributed by atoms with E-state index in [-0.39, 0.29) is 11.5 Å². The zero-order valence-electron chi connectivity index (χ0n) is 15.2. The molecule has 2 rings (SSSR count). The lowest BCUT2D eigenvalue weighted by atomic mass is 10.0. The fourth-order valence-corrected chi connectivity index (χ4v) is 6.12. The highest BCUT2D eigenvalue weighted by Crippen LogP contribution is 2.41. The Labute approximate surface area is 159 Å². The third-order valence-corrected chi connectivity index (χ3v) is 7.77. The van der Waals surface area contributed by atoms with Crippen LogP contribution in [0.25, 0.3) is 0 Å². The first kappa shape index (κ1) is 20.6. The second kappa shape index (κ2) is 7.91. The van der Waals surface area contributed by atoms with E-state index in [9.17, 15) is 18.3 Å². The van der Waals surface area contributed by atoms with E-state index in [0.717, 1.165) is 4.31 Å². The fraction of sp³-hybridized carbons (Fsp3) is 0.500. The molecule has 0 unspecified atom stereocenters. The van der Waals surface area contributed by atoms with Crippen molar-refractivity contribution >= 4 is 27.8 Å². The first-order chi connectivity index (χ1) is 12.1. The van der Waals surface area contributed by atoms with Gasteiger partial charge in [0.15, 0.2) is 0 Å². The molecule has 1 heterocycles. The lowest BCUT2D eigenvalue weighted by Crippen LogP contribution is -2.61. The molecule has 26 heavy (non-hydrogen) atoms. The van der Waals surface area contributed by atoms with Crippen molar-refractivity contribution in [2.75, 3.05) is 12.4 Å². The van der Waals surface area contributed by atoms with Crippen molar-refractivity contribution in [3.63, 3.8) is 0 Å². The average molecular weight is 398 g/mol. The van der Waals surface area contributed by atoms with Crippen LogP contribution < -0.4 is 4.74 Å². The van der Waals surface area contributed by atoms with Crippen LogP contribution in [-0.2, 0) is 14.8 Å². The highest BCUT2D eigenvalue weighted by atomic mass is 32.2. The maximum absolute atomic E-state index is 13.2. The molecule has 1 aromatic rings. The number of aliphatic carboxylic acids is 1. The van der Waals surface area contributed by atoms with Gasteiger partial charge in [-0.1, -0.05) is 5.92 Å². The van der Waals surface area contributed by atoms with E-state index < -0.39 is 32.8 Å². The van der Waals surface area contributed by atoms with Crippen molar-refractivity contribution in [2.24, 2.45) is 0 Å². The number of hydrogen-bond donors (Lipinski definition) is 1.